The molecule has 0 aromatic carbocycles. The summed E-state index contributed by atoms with van der Waals surface area (Å²) in [5.74, 6) is 0.210. The first-order chi connectivity index (χ1) is 7.23. The van der Waals surface area contributed by atoms with Crippen molar-refractivity contribution in [2.45, 2.75) is 34.1 Å². The number of hydrogen-bond donors (Lipinski definition) is 0. The Balaban J connectivity index is 2.81. The van der Waals surface area contributed by atoms with E-state index in [2.05, 4.69) is 27.7 Å². The van der Waals surface area contributed by atoms with Gasteiger partial charge in [0.2, 0.25) is 5.91 Å². The fourth-order valence-electron chi connectivity index (χ4n) is 2.32. The number of rotatable bonds is 2. The highest BCUT2D eigenvalue weighted by Crippen LogP contribution is 2.36. The van der Waals surface area contributed by atoms with Crippen molar-refractivity contribution in [3.8, 4) is 0 Å². The number of hydrogen-bond acceptors (Lipinski definition) is 2. The smallest absolute Gasteiger partial charge is 0.240 e. The average Bonchev–Trinajstić information content (AvgIpc) is 2.44. The summed E-state index contributed by atoms with van der Waals surface area (Å²) >= 11 is 0. The zero-order chi connectivity index (χ0) is 12.5. The van der Waals surface area contributed by atoms with Gasteiger partial charge < -0.3 is 9.80 Å². The third-order valence-corrected chi connectivity index (χ3v) is 3.08. The Morgan fingerprint density at radius 3 is 2.31 bits per heavy atom. The topological polar surface area (TPSA) is 23.6 Å². The fraction of sp³-hybridized carbons (Fsp3) is 0.769. The molecule has 1 rings (SSSR count). The van der Waals surface area contributed by atoms with E-state index in [1.165, 1.54) is 11.3 Å². The Hall–Kier alpha value is -0.830. The fourth-order valence-corrected chi connectivity index (χ4v) is 2.32. The lowest BCUT2D eigenvalue weighted by molar-refractivity contribution is -0.129. The third-order valence-electron chi connectivity index (χ3n) is 3.08. The SMILES string of the molecule is CC1=C(C(C)(C)C)CCN1C(=O)CN(C)C. The van der Waals surface area contributed by atoms with E-state index in [0.29, 0.717) is 6.54 Å². The van der Waals surface area contributed by atoms with Crippen molar-refractivity contribution < 1.29 is 4.79 Å². The lowest BCUT2D eigenvalue weighted by Gasteiger charge is -2.23. The van der Waals surface area contributed by atoms with E-state index in [1.807, 2.05) is 23.9 Å². The first-order valence-electron chi connectivity index (χ1n) is 5.89. The van der Waals surface area contributed by atoms with Crippen molar-refractivity contribution in [1.29, 1.82) is 0 Å². The Labute approximate surface area is 99.1 Å². The molecule has 0 unspecified atom stereocenters. The van der Waals surface area contributed by atoms with Crippen LogP contribution in [0.1, 0.15) is 34.1 Å². The van der Waals surface area contributed by atoms with Crippen molar-refractivity contribution in [2.24, 2.45) is 5.41 Å². The van der Waals surface area contributed by atoms with Crippen molar-refractivity contribution in [1.82, 2.24) is 9.80 Å². The molecule has 0 saturated carbocycles. The van der Waals surface area contributed by atoms with E-state index in [1.54, 1.807) is 0 Å². The summed E-state index contributed by atoms with van der Waals surface area (Å²) in [6.07, 6.45) is 1.02. The van der Waals surface area contributed by atoms with Gasteiger partial charge in [0.25, 0.3) is 0 Å². The molecule has 0 atom stereocenters. The van der Waals surface area contributed by atoms with Crippen molar-refractivity contribution in [2.75, 3.05) is 27.2 Å². The van der Waals surface area contributed by atoms with E-state index in [9.17, 15) is 4.79 Å². The first-order valence-corrected chi connectivity index (χ1v) is 5.89. The Morgan fingerprint density at radius 2 is 1.94 bits per heavy atom. The highest BCUT2D eigenvalue weighted by Gasteiger charge is 2.30. The predicted molar refractivity (Wildman–Crippen MR) is 67.0 cm³/mol. The number of amides is 1. The molecule has 3 nitrogen and oxygen atoms in total. The van der Waals surface area contributed by atoms with Gasteiger partial charge in [0.05, 0.1) is 6.54 Å². The minimum absolute atomic E-state index is 0.178. The molecule has 1 aliphatic heterocycles. The summed E-state index contributed by atoms with van der Waals surface area (Å²) in [4.78, 5) is 15.8. The van der Waals surface area contributed by atoms with Crippen molar-refractivity contribution in [3.63, 3.8) is 0 Å². The van der Waals surface area contributed by atoms with Gasteiger partial charge in [0.1, 0.15) is 0 Å². The van der Waals surface area contributed by atoms with E-state index >= 15 is 0 Å². The van der Waals surface area contributed by atoms with Gasteiger partial charge >= 0.3 is 0 Å². The molecule has 0 fully saturated rings. The molecule has 3 heteroatoms. The summed E-state index contributed by atoms with van der Waals surface area (Å²) in [5, 5.41) is 0. The van der Waals surface area contributed by atoms with Crippen LogP contribution in [0.5, 0.6) is 0 Å². The van der Waals surface area contributed by atoms with Gasteiger partial charge in [0.15, 0.2) is 0 Å². The quantitative estimate of drug-likeness (QED) is 0.717. The molecule has 0 aromatic rings. The second kappa shape index (κ2) is 4.58. The minimum Gasteiger partial charge on any atom is -0.315 e. The van der Waals surface area contributed by atoms with Crippen LogP contribution in [0.3, 0.4) is 0 Å². The average molecular weight is 224 g/mol. The summed E-state index contributed by atoms with van der Waals surface area (Å²) in [6.45, 7) is 10.1. The maximum Gasteiger partial charge on any atom is 0.240 e. The van der Waals surface area contributed by atoms with Gasteiger partial charge in [0, 0.05) is 12.2 Å². The second-order valence-electron chi connectivity index (χ2n) is 5.85. The molecule has 92 valence electrons. The van der Waals surface area contributed by atoms with Gasteiger partial charge in [-0.15, -0.1) is 0 Å². The zero-order valence-electron chi connectivity index (χ0n) is 11.4. The molecular formula is C13H24N2O. The molecule has 0 N–H and O–H groups in total. The van der Waals surface area contributed by atoms with Gasteiger partial charge in [-0.3, -0.25) is 4.79 Å². The predicted octanol–water partition coefficient (Wildman–Crippen LogP) is 2.10. The van der Waals surface area contributed by atoms with Crippen LogP contribution in [-0.2, 0) is 4.79 Å². The van der Waals surface area contributed by atoms with E-state index in [-0.39, 0.29) is 11.3 Å². The van der Waals surface area contributed by atoms with Crippen LogP contribution >= 0.6 is 0 Å². The van der Waals surface area contributed by atoms with Crippen LogP contribution in [0.4, 0.5) is 0 Å². The van der Waals surface area contributed by atoms with Crippen molar-refractivity contribution in [3.05, 3.63) is 11.3 Å². The van der Waals surface area contributed by atoms with Crippen LogP contribution in [0.2, 0.25) is 0 Å². The third kappa shape index (κ3) is 2.85. The van der Waals surface area contributed by atoms with E-state index in [4.69, 9.17) is 0 Å². The molecule has 1 heterocycles. The molecule has 0 aliphatic carbocycles. The van der Waals surface area contributed by atoms with Gasteiger partial charge in [-0.25, -0.2) is 0 Å². The van der Waals surface area contributed by atoms with Crippen LogP contribution in [0.25, 0.3) is 0 Å². The van der Waals surface area contributed by atoms with E-state index < -0.39 is 0 Å². The monoisotopic (exact) mass is 224 g/mol. The van der Waals surface area contributed by atoms with Crippen molar-refractivity contribution >= 4 is 5.91 Å². The summed E-state index contributed by atoms with van der Waals surface area (Å²) in [5.41, 5.74) is 2.76. The number of allylic oxidation sites excluding steroid dienone is 1. The van der Waals surface area contributed by atoms with Gasteiger partial charge in [-0.2, -0.15) is 0 Å². The largest absolute Gasteiger partial charge is 0.315 e. The molecule has 0 aromatic heterocycles. The second-order valence-corrected chi connectivity index (χ2v) is 5.85. The molecule has 0 spiro atoms. The maximum atomic E-state index is 12.0. The molecule has 0 radical (unpaired) electrons. The summed E-state index contributed by atoms with van der Waals surface area (Å²) in [6, 6.07) is 0. The molecule has 16 heavy (non-hydrogen) atoms. The van der Waals surface area contributed by atoms with Crippen LogP contribution in [0.15, 0.2) is 11.3 Å². The molecule has 0 bridgehead atoms. The first kappa shape index (κ1) is 13.2. The number of likely N-dealkylation sites (N-methyl/N-ethyl adjacent to an activating group) is 1. The Bertz CT molecular complexity index is 310. The van der Waals surface area contributed by atoms with Gasteiger partial charge in [-0.1, -0.05) is 20.8 Å². The maximum absolute atomic E-state index is 12.0. The van der Waals surface area contributed by atoms with Crippen LogP contribution < -0.4 is 0 Å². The lowest BCUT2D eigenvalue weighted by Crippen LogP contribution is -2.35. The molecular weight excluding hydrogens is 200 g/mol. The van der Waals surface area contributed by atoms with Crippen LogP contribution in [0, 0.1) is 5.41 Å². The summed E-state index contributed by atoms with van der Waals surface area (Å²) < 4.78 is 0. The summed E-state index contributed by atoms with van der Waals surface area (Å²) in [7, 11) is 3.86. The Kier molecular flexibility index (Phi) is 3.79. The standard InChI is InChI=1S/C13H24N2O/c1-10-11(13(2,3)4)7-8-15(10)12(16)9-14(5)6/h7-9H2,1-6H3. The Morgan fingerprint density at radius 1 is 1.38 bits per heavy atom. The highest BCUT2D eigenvalue weighted by molar-refractivity contribution is 5.80. The molecule has 1 aliphatic rings. The number of carbonyl (C=O) groups is 1. The molecule has 1 amide bonds. The normalized spacial score (nSPS) is 17.6. The number of nitrogens with zero attached hydrogens (tertiary/aromatic N) is 2. The van der Waals surface area contributed by atoms with Gasteiger partial charge in [-0.05, 0) is 38.4 Å². The van der Waals surface area contributed by atoms with E-state index in [0.717, 1.165) is 13.0 Å². The van der Waals surface area contributed by atoms with Crippen LogP contribution in [-0.4, -0.2) is 42.9 Å². The number of carbonyl (C=O) groups excluding carboxylic acids is 1. The minimum atomic E-state index is 0.178. The lowest BCUT2D eigenvalue weighted by atomic mass is 9.85. The molecule has 0 saturated heterocycles. The highest BCUT2D eigenvalue weighted by atomic mass is 16.2. The zero-order valence-corrected chi connectivity index (χ0v) is 11.4.